The summed E-state index contributed by atoms with van der Waals surface area (Å²) in [6, 6.07) is 5.30. The first-order valence-electron chi connectivity index (χ1n) is 4.51. The quantitative estimate of drug-likeness (QED) is 0.856. The van der Waals surface area contributed by atoms with Crippen LogP contribution in [0.5, 0.6) is 5.75 Å². The van der Waals surface area contributed by atoms with Crippen molar-refractivity contribution in [3.05, 3.63) is 28.2 Å². The first kappa shape index (κ1) is 12.5. The van der Waals surface area contributed by atoms with E-state index in [4.69, 9.17) is 4.74 Å². The number of benzene rings is 1. The lowest BCUT2D eigenvalue weighted by Crippen LogP contribution is -2.01. The average Bonchev–Trinajstić information content (AvgIpc) is 2.07. The standard InChI is InChI=1S/C10H13BrO3S/c1-3-14-10-5-4-8(6-9(10)11)7-15(2,12)13/h4-6H,3,7H2,1-2H3. The predicted molar refractivity (Wildman–Crippen MR) is 63.9 cm³/mol. The number of sulfone groups is 1. The van der Waals surface area contributed by atoms with E-state index in [9.17, 15) is 8.42 Å². The van der Waals surface area contributed by atoms with E-state index < -0.39 is 9.84 Å². The van der Waals surface area contributed by atoms with Crippen LogP contribution in [0.3, 0.4) is 0 Å². The number of halogens is 1. The molecule has 15 heavy (non-hydrogen) atoms. The molecule has 0 heterocycles. The molecule has 5 heteroatoms. The van der Waals surface area contributed by atoms with Gasteiger partial charge in [-0.2, -0.15) is 0 Å². The van der Waals surface area contributed by atoms with Crippen LogP contribution in [-0.4, -0.2) is 21.3 Å². The van der Waals surface area contributed by atoms with Crippen LogP contribution in [0, 0.1) is 0 Å². The topological polar surface area (TPSA) is 43.4 Å². The van der Waals surface area contributed by atoms with Crippen molar-refractivity contribution < 1.29 is 13.2 Å². The monoisotopic (exact) mass is 292 g/mol. The Morgan fingerprint density at radius 3 is 2.53 bits per heavy atom. The zero-order chi connectivity index (χ0) is 11.5. The lowest BCUT2D eigenvalue weighted by Gasteiger charge is -2.07. The second-order valence-corrected chi connectivity index (χ2v) is 6.26. The van der Waals surface area contributed by atoms with Gasteiger partial charge in [-0.25, -0.2) is 8.42 Å². The Bertz CT molecular complexity index is 440. The van der Waals surface area contributed by atoms with Crippen molar-refractivity contribution in [2.45, 2.75) is 12.7 Å². The molecule has 0 aliphatic rings. The maximum atomic E-state index is 11.1. The first-order valence-corrected chi connectivity index (χ1v) is 7.36. The van der Waals surface area contributed by atoms with E-state index in [0.717, 1.165) is 15.8 Å². The third kappa shape index (κ3) is 4.22. The van der Waals surface area contributed by atoms with Crippen molar-refractivity contribution in [3.8, 4) is 5.75 Å². The molecule has 0 fully saturated rings. The Kier molecular flexibility index (Phi) is 4.16. The van der Waals surface area contributed by atoms with Gasteiger partial charge >= 0.3 is 0 Å². The molecule has 0 saturated heterocycles. The second kappa shape index (κ2) is 4.99. The number of hydrogen-bond acceptors (Lipinski definition) is 3. The van der Waals surface area contributed by atoms with Gasteiger partial charge < -0.3 is 4.74 Å². The summed E-state index contributed by atoms with van der Waals surface area (Å²) < 4.78 is 28.3. The summed E-state index contributed by atoms with van der Waals surface area (Å²) in [4.78, 5) is 0. The average molecular weight is 293 g/mol. The molecule has 1 aromatic rings. The van der Waals surface area contributed by atoms with Crippen LogP contribution in [0.25, 0.3) is 0 Å². The van der Waals surface area contributed by atoms with Crippen LogP contribution < -0.4 is 4.74 Å². The van der Waals surface area contributed by atoms with Crippen molar-refractivity contribution in [1.29, 1.82) is 0 Å². The fourth-order valence-corrected chi connectivity index (χ4v) is 2.54. The van der Waals surface area contributed by atoms with Gasteiger partial charge in [0.2, 0.25) is 0 Å². The van der Waals surface area contributed by atoms with E-state index in [1.165, 1.54) is 6.26 Å². The van der Waals surface area contributed by atoms with Crippen LogP contribution >= 0.6 is 15.9 Å². The molecular formula is C10H13BrO3S. The minimum Gasteiger partial charge on any atom is -0.493 e. The molecule has 0 atom stereocenters. The molecule has 1 rings (SSSR count). The van der Waals surface area contributed by atoms with E-state index >= 15 is 0 Å². The smallest absolute Gasteiger partial charge is 0.151 e. The molecule has 0 spiro atoms. The van der Waals surface area contributed by atoms with Crippen molar-refractivity contribution in [1.82, 2.24) is 0 Å². The molecule has 1 aromatic carbocycles. The summed E-state index contributed by atoms with van der Waals surface area (Å²) in [7, 11) is -2.98. The highest BCUT2D eigenvalue weighted by molar-refractivity contribution is 9.10. The van der Waals surface area contributed by atoms with E-state index in [0.29, 0.717) is 6.61 Å². The van der Waals surface area contributed by atoms with Crippen molar-refractivity contribution in [3.63, 3.8) is 0 Å². The summed E-state index contributed by atoms with van der Waals surface area (Å²) in [5.74, 6) is 0.785. The Morgan fingerprint density at radius 1 is 1.40 bits per heavy atom. The highest BCUT2D eigenvalue weighted by atomic mass is 79.9. The molecule has 0 amide bonds. The number of ether oxygens (including phenoxy) is 1. The van der Waals surface area contributed by atoms with Crippen LogP contribution in [-0.2, 0) is 15.6 Å². The molecule has 0 aliphatic heterocycles. The van der Waals surface area contributed by atoms with Crippen molar-refractivity contribution in [2.24, 2.45) is 0 Å². The van der Waals surface area contributed by atoms with Crippen LogP contribution in [0.1, 0.15) is 12.5 Å². The van der Waals surface area contributed by atoms with Gasteiger partial charge in [0.1, 0.15) is 5.75 Å². The largest absolute Gasteiger partial charge is 0.493 e. The van der Waals surface area contributed by atoms with Gasteiger partial charge in [-0.15, -0.1) is 0 Å². The Labute approximate surface area is 98.5 Å². The molecule has 0 aliphatic carbocycles. The lowest BCUT2D eigenvalue weighted by atomic mass is 10.2. The van der Waals surface area contributed by atoms with E-state index in [1.807, 2.05) is 6.92 Å². The van der Waals surface area contributed by atoms with Crippen molar-refractivity contribution >= 4 is 25.8 Å². The maximum absolute atomic E-state index is 11.1. The minimum atomic E-state index is -2.98. The fourth-order valence-electron chi connectivity index (χ4n) is 1.21. The molecule has 0 unspecified atom stereocenters. The summed E-state index contributed by atoms with van der Waals surface area (Å²) in [5.41, 5.74) is 0.757. The van der Waals surface area contributed by atoms with Crippen LogP contribution in [0.4, 0.5) is 0 Å². The third-order valence-corrected chi connectivity index (χ3v) is 3.20. The van der Waals surface area contributed by atoms with Crippen LogP contribution in [0.2, 0.25) is 0 Å². The van der Waals surface area contributed by atoms with Crippen LogP contribution in [0.15, 0.2) is 22.7 Å². The molecule has 0 radical (unpaired) electrons. The van der Waals surface area contributed by atoms with Gasteiger partial charge in [0, 0.05) is 6.26 Å². The number of hydrogen-bond donors (Lipinski definition) is 0. The van der Waals surface area contributed by atoms with E-state index in [-0.39, 0.29) is 5.75 Å². The zero-order valence-corrected chi connectivity index (χ0v) is 11.1. The summed E-state index contributed by atoms with van der Waals surface area (Å²) in [6.45, 7) is 2.49. The SMILES string of the molecule is CCOc1ccc(CS(C)(=O)=O)cc1Br. The summed E-state index contributed by atoms with van der Waals surface area (Å²) in [5, 5.41) is 0. The molecule has 0 N–H and O–H groups in total. The maximum Gasteiger partial charge on any atom is 0.151 e. The Balaban J connectivity index is 2.91. The van der Waals surface area contributed by atoms with E-state index in [2.05, 4.69) is 15.9 Å². The van der Waals surface area contributed by atoms with Gasteiger partial charge in [-0.1, -0.05) is 6.07 Å². The van der Waals surface area contributed by atoms with Gasteiger partial charge in [-0.05, 0) is 40.5 Å². The first-order chi connectivity index (χ1) is 6.92. The van der Waals surface area contributed by atoms with Gasteiger partial charge in [0.15, 0.2) is 9.84 Å². The molecule has 0 bridgehead atoms. The van der Waals surface area contributed by atoms with Gasteiger partial charge in [0.25, 0.3) is 0 Å². The normalized spacial score (nSPS) is 11.4. The summed E-state index contributed by atoms with van der Waals surface area (Å²) >= 11 is 3.34. The van der Waals surface area contributed by atoms with Crippen molar-refractivity contribution in [2.75, 3.05) is 12.9 Å². The Morgan fingerprint density at radius 2 is 2.07 bits per heavy atom. The highest BCUT2D eigenvalue weighted by Crippen LogP contribution is 2.26. The third-order valence-electron chi connectivity index (χ3n) is 1.72. The highest BCUT2D eigenvalue weighted by Gasteiger charge is 2.07. The lowest BCUT2D eigenvalue weighted by molar-refractivity contribution is 0.338. The molecule has 3 nitrogen and oxygen atoms in total. The molecular weight excluding hydrogens is 280 g/mol. The second-order valence-electron chi connectivity index (χ2n) is 3.27. The zero-order valence-electron chi connectivity index (χ0n) is 8.66. The summed E-state index contributed by atoms with van der Waals surface area (Å²) in [6.07, 6.45) is 1.22. The fraction of sp³-hybridized carbons (Fsp3) is 0.400. The van der Waals surface area contributed by atoms with Gasteiger partial charge in [-0.3, -0.25) is 0 Å². The molecule has 0 saturated carbocycles. The predicted octanol–water partition coefficient (Wildman–Crippen LogP) is 2.39. The molecule has 0 aromatic heterocycles. The van der Waals surface area contributed by atoms with Gasteiger partial charge in [0.05, 0.1) is 16.8 Å². The van der Waals surface area contributed by atoms with E-state index in [1.54, 1.807) is 18.2 Å². The minimum absolute atomic E-state index is 0.0536. The Hall–Kier alpha value is -0.550. The molecule has 84 valence electrons. The number of rotatable bonds is 4.